The van der Waals surface area contributed by atoms with E-state index in [9.17, 15) is 17.6 Å². The van der Waals surface area contributed by atoms with E-state index in [4.69, 9.17) is 23.2 Å². The minimum absolute atomic E-state index is 0.243. The van der Waals surface area contributed by atoms with Gasteiger partial charge in [0.25, 0.3) is 0 Å². The van der Waals surface area contributed by atoms with Gasteiger partial charge in [0, 0.05) is 43.8 Å². The van der Waals surface area contributed by atoms with Crippen LogP contribution in [-0.4, -0.2) is 0 Å². The number of halogens is 6. The lowest BCUT2D eigenvalue weighted by molar-refractivity contribution is 0.581. The van der Waals surface area contributed by atoms with Crippen LogP contribution in [0.1, 0.15) is 32.8 Å². The van der Waals surface area contributed by atoms with Crippen molar-refractivity contribution in [3.63, 3.8) is 0 Å². The second kappa shape index (κ2) is 12.5. The highest BCUT2D eigenvalue weighted by Crippen LogP contribution is 2.43. The monoisotopic (exact) mass is 558 g/mol. The zero-order valence-corrected chi connectivity index (χ0v) is 21.6. The Morgan fingerprint density at radius 1 is 0.541 bits per heavy atom. The summed E-state index contributed by atoms with van der Waals surface area (Å²) in [7, 11) is 0. The van der Waals surface area contributed by atoms with Gasteiger partial charge in [0.1, 0.15) is 23.3 Å². The van der Waals surface area contributed by atoms with E-state index in [0.717, 1.165) is 23.3 Å². The molecule has 37 heavy (non-hydrogen) atoms. The van der Waals surface area contributed by atoms with Crippen LogP contribution in [-0.2, 0) is 0 Å². The molecular formula is C30H20Cl2F4S. The molecule has 0 aromatic heterocycles. The summed E-state index contributed by atoms with van der Waals surface area (Å²) in [6.45, 7) is 0. The second-order valence-electron chi connectivity index (χ2n) is 8.13. The summed E-state index contributed by atoms with van der Waals surface area (Å²) in [5, 5.41) is 0.569. The van der Waals surface area contributed by atoms with Gasteiger partial charge in [0.05, 0.1) is 0 Å². The number of thioether (sulfide) groups is 1. The van der Waals surface area contributed by atoms with Gasteiger partial charge >= 0.3 is 0 Å². The third-order valence-corrected chi connectivity index (χ3v) is 7.47. The SMILES string of the molecule is Fc1ccc(C=CC(SC(/C=C\c2ccc(F)cc2F)c2ccc(Cl)cc2)c2ccc(Cl)cc2)c(F)c1. The summed E-state index contributed by atoms with van der Waals surface area (Å²) < 4.78 is 55.3. The Labute approximate surface area is 227 Å². The van der Waals surface area contributed by atoms with Crippen LogP contribution < -0.4 is 0 Å². The quantitative estimate of drug-likeness (QED) is 0.194. The molecule has 2 unspecified atom stereocenters. The molecule has 0 spiro atoms. The molecule has 4 rings (SSSR count). The minimum atomic E-state index is -0.669. The van der Waals surface area contributed by atoms with Gasteiger partial charge in [-0.1, -0.05) is 71.8 Å². The Bertz CT molecular complexity index is 1310. The van der Waals surface area contributed by atoms with Crippen LogP contribution in [0.2, 0.25) is 10.0 Å². The molecule has 4 aromatic carbocycles. The smallest absolute Gasteiger partial charge is 0.133 e. The average Bonchev–Trinajstić information content (AvgIpc) is 2.87. The first kappa shape index (κ1) is 27.1. The van der Waals surface area contributed by atoms with E-state index in [1.165, 1.54) is 36.0 Å². The molecule has 0 bridgehead atoms. The zero-order chi connectivity index (χ0) is 26.4. The molecule has 0 saturated heterocycles. The number of rotatable bonds is 8. The van der Waals surface area contributed by atoms with Gasteiger partial charge < -0.3 is 0 Å². The average molecular weight is 559 g/mol. The molecule has 0 radical (unpaired) electrons. The van der Waals surface area contributed by atoms with E-state index >= 15 is 0 Å². The van der Waals surface area contributed by atoms with Crippen LogP contribution in [0, 0.1) is 23.3 Å². The van der Waals surface area contributed by atoms with Crippen molar-refractivity contribution in [2.75, 3.05) is 0 Å². The molecule has 0 N–H and O–H groups in total. The molecule has 0 heterocycles. The minimum Gasteiger partial charge on any atom is -0.207 e. The van der Waals surface area contributed by atoms with Crippen molar-refractivity contribution in [3.8, 4) is 0 Å². The van der Waals surface area contributed by atoms with E-state index in [2.05, 4.69) is 0 Å². The highest BCUT2D eigenvalue weighted by atomic mass is 35.5. The van der Waals surface area contributed by atoms with Crippen molar-refractivity contribution in [1.82, 2.24) is 0 Å². The lowest BCUT2D eigenvalue weighted by atomic mass is 10.1. The summed E-state index contributed by atoms with van der Waals surface area (Å²) in [6, 6.07) is 21.3. The third-order valence-electron chi connectivity index (χ3n) is 5.52. The first-order valence-corrected chi connectivity index (χ1v) is 12.9. The lowest BCUT2D eigenvalue weighted by Gasteiger charge is -2.20. The van der Waals surface area contributed by atoms with Gasteiger partial charge in [-0.15, -0.1) is 11.8 Å². The zero-order valence-electron chi connectivity index (χ0n) is 19.2. The van der Waals surface area contributed by atoms with Crippen LogP contribution >= 0.6 is 35.0 Å². The van der Waals surface area contributed by atoms with Gasteiger partial charge in [-0.2, -0.15) is 0 Å². The summed E-state index contributed by atoms with van der Waals surface area (Å²) in [5.41, 5.74) is 2.28. The van der Waals surface area contributed by atoms with Crippen molar-refractivity contribution in [2.45, 2.75) is 10.5 Å². The van der Waals surface area contributed by atoms with Crippen LogP contribution in [0.4, 0.5) is 17.6 Å². The maximum atomic E-state index is 14.3. The van der Waals surface area contributed by atoms with Crippen LogP contribution in [0.3, 0.4) is 0 Å². The van der Waals surface area contributed by atoms with Gasteiger partial charge in [-0.05, 0) is 59.7 Å². The molecule has 0 aliphatic carbocycles. The normalized spacial score (nSPS) is 13.4. The van der Waals surface area contributed by atoms with E-state index < -0.39 is 23.3 Å². The highest BCUT2D eigenvalue weighted by molar-refractivity contribution is 8.00. The first-order valence-electron chi connectivity index (χ1n) is 11.2. The fourth-order valence-electron chi connectivity index (χ4n) is 3.59. The standard InChI is InChI=1S/C30H20Cl2F4S/c31-23-9-1-21(2-10-23)29(15-7-19-5-13-25(33)17-27(19)35)37-30(22-3-11-24(32)12-4-22)16-8-20-6-14-26(34)18-28(20)36/h1-18,29-30H/b15-7-,16-8?. The molecule has 4 aromatic rings. The predicted molar refractivity (Wildman–Crippen MR) is 147 cm³/mol. The Hall–Kier alpha value is -2.99. The van der Waals surface area contributed by atoms with E-state index in [0.29, 0.717) is 10.0 Å². The summed E-state index contributed by atoms with van der Waals surface area (Å²) in [5.74, 6) is -2.65. The van der Waals surface area contributed by atoms with E-state index in [1.54, 1.807) is 36.4 Å². The Kier molecular flexibility index (Phi) is 9.14. The topological polar surface area (TPSA) is 0 Å². The van der Waals surface area contributed by atoms with Gasteiger partial charge in [-0.25, -0.2) is 17.6 Å². The molecule has 0 aliphatic rings. The number of hydrogen-bond donors (Lipinski definition) is 0. The van der Waals surface area contributed by atoms with Gasteiger partial charge in [0.15, 0.2) is 0 Å². The molecule has 0 aliphatic heterocycles. The van der Waals surface area contributed by atoms with E-state index in [-0.39, 0.29) is 21.6 Å². The van der Waals surface area contributed by atoms with Crippen molar-refractivity contribution in [2.24, 2.45) is 0 Å². The molecular weight excluding hydrogens is 539 g/mol. The van der Waals surface area contributed by atoms with Crippen molar-refractivity contribution in [3.05, 3.63) is 153 Å². The number of hydrogen-bond acceptors (Lipinski definition) is 1. The summed E-state index contributed by atoms with van der Waals surface area (Å²) >= 11 is 13.7. The predicted octanol–water partition coefficient (Wildman–Crippen LogP) is 10.5. The van der Waals surface area contributed by atoms with Crippen LogP contribution in [0.15, 0.2) is 97.1 Å². The number of benzene rings is 4. The van der Waals surface area contributed by atoms with Crippen molar-refractivity contribution >= 4 is 47.1 Å². The fourth-order valence-corrected chi connectivity index (χ4v) is 5.12. The second-order valence-corrected chi connectivity index (χ2v) is 10.3. The fraction of sp³-hybridized carbons (Fsp3) is 0.0667. The van der Waals surface area contributed by atoms with Crippen LogP contribution in [0.25, 0.3) is 12.2 Å². The van der Waals surface area contributed by atoms with E-state index in [1.807, 2.05) is 36.4 Å². The van der Waals surface area contributed by atoms with Crippen LogP contribution in [0.5, 0.6) is 0 Å². The maximum Gasteiger partial charge on any atom is 0.133 e. The highest BCUT2D eigenvalue weighted by Gasteiger charge is 2.18. The first-order chi connectivity index (χ1) is 17.8. The molecule has 2 atom stereocenters. The Balaban J connectivity index is 1.71. The summed E-state index contributed by atoms with van der Waals surface area (Å²) in [6.07, 6.45) is 6.84. The van der Waals surface area contributed by atoms with Gasteiger partial charge in [-0.3, -0.25) is 0 Å². The molecule has 7 heteroatoms. The molecule has 0 amide bonds. The molecule has 0 nitrogen and oxygen atoms in total. The lowest BCUT2D eigenvalue weighted by Crippen LogP contribution is -1.98. The largest absolute Gasteiger partial charge is 0.207 e. The van der Waals surface area contributed by atoms with Crippen molar-refractivity contribution < 1.29 is 17.6 Å². The third kappa shape index (κ3) is 7.51. The Morgan fingerprint density at radius 2 is 0.919 bits per heavy atom. The molecule has 188 valence electrons. The van der Waals surface area contributed by atoms with Crippen molar-refractivity contribution in [1.29, 1.82) is 0 Å². The Morgan fingerprint density at radius 3 is 1.27 bits per heavy atom. The van der Waals surface area contributed by atoms with Gasteiger partial charge in [0.2, 0.25) is 0 Å². The molecule has 0 saturated carbocycles. The summed E-state index contributed by atoms with van der Waals surface area (Å²) in [4.78, 5) is 0. The maximum absolute atomic E-state index is 14.3. The molecule has 0 fully saturated rings.